The molecule has 0 heterocycles. The molecule has 4 N–H and O–H groups in total. The van der Waals surface area contributed by atoms with E-state index in [4.69, 9.17) is 10.6 Å². The van der Waals surface area contributed by atoms with Gasteiger partial charge < -0.3 is 10.1 Å². The molecule has 2 amide bonds. The van der Waals surface area contributed by atoms with Gasteiger partial charge in [-0.25, -0.2) is 5.84 Å². The largest absolute Gasteiger partial charge is 0.492 e. The van der Waals surface area contributed by atoms with E-state index in [1.807, 2.05) is 24.5 Å². The first-order valence-corrected chi connectivity index (χ1v) is 6.91. The van der Waals surface area contributed by atoms with Crippen LogP contribution in [0, 0.1) is 0 Å². The number of carbonyl (C=O) groups excluding carboxylic acids is 2. The number of rotatable bonds is 7. The Morgan fingerprint density at radius 1 is 1.26 bits per heavy atom. The molecule has 0 spiro atoms. The first-order chi connectivity index (χ1) is 9.17. The smallest absolute Gasteiger partial charge is 0.243 e. The summed E-state index contributed by atoms with van der Waals surface area (Å²) in [6.07, 6.45) is 0. The predicted molar refractivity (Wildman–Crippen MR) is 75.9 cm³/mol. The van der Waals surface area contributed by atoms with Crippen molar-refractivity contribution in [2.45, 2.75) is 6.92 Å². The number of amides is 2. The van der Waals surface area contributed by atoms with Crippen LogP contribution in [0.2, 0.25) is 0 Å². The monoisotopic (exact) mass is 283 g/mol. The summed E-state index contributed by atoms with van der Waals surface area (Å²) in [7, 11) is 0. The van der Waals surface area contributed by atoms with Gasteiger partial charge in [0.15, 0.2) is 0 Å². The molecule has 6 nitrogen and oxygen atoms in total. The molecule has 1 rings (SSSR count). The zero-order chi connectivity index (χ0) is 14.1. The molecule has 19 heavy (non-hydrogen) atoms. The summed E-state index contributed by atoms with van der Waals surface area (Å²) in [5.41, 5.74) is 2.63. The molecule has 1 aromatic rings. The minimum Gasteiger partial charge on any atom is -0.492 e. The van der Waals surface area contributed by atoms with E-state index in [2.05, 4.69) is 5.32 Å². The highest BCUT2D eigenvalue weighted by Gasteiger charge is 2.08. The van der Waals surface area contributed by atoms with Crippen LogP contribution in [-0.4, -0.2) is 29.9 Å². The third-order valence-electron chi connectivity index (χ3n) is 2.09. The average molecular weight is 283 g/mol. The molecule has 104 valence electrons. The molecule has 0 saturated carbocycles. The Bertz CT molecular complexity index is 440. The van der Waals surface area contributed by atoms with Crippen molar-refractivity contribution < 1.29 is 14.3 Å². The highest BCUT2D eigenvalue weighted by atomic mass is 32.2. The van der Waals surface area contributed by atoms with Gasteiger partial charge in [-0.15, -0.1) is 11.8 Å². The van der Waals surface area contributed by atoms with Gasteiger partial charge in [0.05, 0.1) is 23.8 Å². The second kappa shape index (κ2) is 8.39. The van der Waals surface area contributed by atoms with Gasteiger partial charge in [-0.3, -0.25) is 15.0 Å². The second-order valence-electron chi connectivity index (χ2n) is 3.54. The number of benzene rings is 1. The van der Waals surface area contributed by atoms with Crippen LogP contribution < -0.4 is 21.3 Å². The number of thioether (sulfide) groups is 1. The summed E-state index contributed by atoms with van der Waals surface area (Å²) in [4.78, 5) is 22.6. The van der Waals surface area contributed by atoms with Crippen molar-refractivity contribution in [3.05, 3.63) is 24.3 Å². The third kappa shape index (κ3) is 5.62. The fourth-order valence-corrected chi connectivity index (χ4v) is 1.94. The van der Waals surface area contributed by atoms with Crippen LogP contribution in [0.5, 0.6) is 5.75 Å². The Hall–Kier alpha value is -1.73. The van der Waals surface area contributed by atoms with Crippen molar-refractivity contribution in [1.29, 1.82) is 0 Å². The Morgan fingerprint density at radius 2 is 1.95 bits per heavy atom. The highest BCUT2D eigenvalue weighted by molar-refractivity contribution is 8.00. The first-order valence-electron chi connectivity index (χ1n) is 5.76. The van der Waals surface area contributed by atoms with E-state index in [-0.39, 0.29) is 23.3 Å². The molecule has 0 unspecified atom stereocenters. The molecule has 0 bridgehead atoms. The van der Waals surface area contributed by atoms with Crippen molar-refractivity contribution in [2.75, 3.05) is 23.4 Å². The summed E-state index contributed by atoms with van der Waals surface area (Å²) < 4.78 is 5.40. The number of anilines is 1. The first kappa shape index (κ1) is 15.3. The molecule has 0 radical (unpaired) electrons. The molecule has 0 aromatic heterocycles. The van der Waals surface area contributed by atoms with Crippen LogP contribution in [0.15, 0.2) is 24.3 Å². The fraction of sp³-hybridized carbons (Fsp3) is 0.333. The van der Waals surface area contributed by atoms with Gasteiger partial charge in [0.1, 0.15) is 5.75 Å². The van der Waals surface area contributed by atoms with Gasteiger partial charge in [0.2, 0.25) is 11.8 Å². The van der Waals surface area contributed by atoms with E-state index in [1.54, 1.807) is 12.1 Å². The van der Waals surface area contributed by atoms with E-state index < -0.39 is 0 Å². The minimum atomic E-state index is -0.312. The number of para-hydroxylation sites is 2. The summed E-state index contributed by atoms with van der Waals surface area (Å²) in [6.45, 7) is 2.40. The van der Waals surface area contributed by atoms with Crippen molar-refractivity contribution in [3.63, 3.8) is 0 Å². The molecule has 0 aliphatic rings. The third-order valence-corrected chi connectivity index (χ3v) is 3.02. The maximum absolute atomic E-state index is 11.7. The summed E-state index contributed by atoms with van der Waals surface area (Å²) in [5.74, 6) is 5.38. The lowest BCUT2D eigenvalue weighted by Crippen LogP contribution is -2.32. The Balaban J connectivity index is 2.45. The van der Waals surface area contributed by atoms with E-state index >= 15 is 0 Å². The quantitative estimate of drug-likeness (QED) is 0.390. The maximum Gasteiger partial charge on any atom is 0.243 e. The molecule has 1 aromatic carbocycles. The van der Waals surface area contributed by atoms with Crippen molar-refractivity contribution >= 4 is 29.3 Å². The van der Waals surface area contributed by atoms with Gasteiger partial charge in [-0.1, -0.05) is 12.1 Å². The highest BCUT2D eigenvalue weighted by Crippen LogP contribution is 2.23. The Labute approximate surface area is 116 Å². The van der Waals surface area contributed by atoms with Crippen LogP contribution in [0.3, 0.4) is 0 Å². The molecule has 0 aliphatic heterocycles. The summed E-state index contributed by atoms with van der Waals surface area (Å²) in [5, 5.41) is 2.74. The standard InChI is InChI=1S/C12H17N3O3S/c1-2-18-10-6-4-3-5-9(10)14-11(16)7-19-8-12(17)15-13/h3-6H,2,7-8,13H2,1H3,(H,14,16)(H,15,17). The number of ether oxygens (including phenoxy) is 1. The Kier molecular flexibility index (Phi) is 6.76. The van der Waals surface area contributed by atoms with E-state index in [1.165, 1.54) is 11.8 Å². The molecule has 0 saturated heterocycles. The van der Waals surface area contributed by atoms with Crippen LogP contribution in [0.4, 0.5) is 5.69 Å². The van der Waals surface area contributed by atoms with Crippen molar-refractivity contribution in [1.82, 2.24) is 5.43 Å². The average Bonchev–Trinajstić information content (AvgIpc) is 2.41. The van der Waals surface area contributed by atoms with Crippen LogP contribution in [0.25, 0.3) is 0 Å². The summed E-state index contributed by atoms with van der Waals surface area (Å²) >= 11 is 1.19. The number of hydrogen-bond acceptors (Lipinski definition) is 5. The number of nitrogens with two attached hydrogens (primary N) is 1. The molecular weight excluding hydrogens is 266 g/mol. The van der Waals surface area contributed by atoms with Crippen LogP contribution in [0.1, 0.15) is 6.92 Å². The lowest BCUT2D eigenvalue weighted by atomic mass is 10.3. The van der Waals surface area contributed by atoms with E-state index in [9.17, 15) is 9.59 Å². The fourth-order valence-electron chi connectivity index (χ4n) is 1.32. The number of nitrogens with one attached hydrogen (secondary N) is 2. The normalized spacial score (nSPS) is 9.79. The predicted octanol–water partition coefficient (Wildman–Crippen LogP) is 0.747. The van der Waals surface area contributed by atoms with Crippen molar-refractivity contribution in [3.8, 4) is 5.75 Å². The molecule has 0 fully saturated rings. The van der Waals surface area contributed by atoms with Gasteiger partial charge in [-0.05, 0) is 19.1 Å². The SMILES string of the molecule is CCOc1ccccc1NC(=O)CSCC(=O)NN. The molecule has 0 aliphatic carbocycles. The lowest BCUT2D eigenvalue weighted by molar-refractivity contribution is -0.118. The van der Waals surface area contributed by atoms with Gasteiger partial charge in [0, 0.05) is 0 Å². The van der Waals surface area contributed by atoms with Gasteiger partial charge >= 0.3 is 0 Å². The Morgan fingerprint density at radius 3 is 2.63 bits per heavy atom. The van der Waals surface area contributed by atoms with Gasteiger partial charge in [0.25, 0.3) is 0 Å². The second-order valence-corrected chi connectivity index (χ2v) is 4.52. The van der Waals surface area contributed by atoms with E-state index in [0.29, 0.717) is 18.0 Å². The molecule has 7 heteroatoms. The van der Waals surface area contributed by atoms with Crippen LogP contribution in [-0.2, 0) is 9.59 Å². The number of hydrazine groups is 1. The zero-order valence-electron chi connectivity index (χ0n) is 10.6. The minimum absolute atomic E-state index is 0.150. The van der Waals surface area contributed by atoms with Crippen molar-refractivity contribution in [2.24, 2.45) is 5.84 Å². The van der Waals surface area contributed by atoms with Gasteiger partial charge in [-0.2, -0.15) is 0 Å². The molecular formula is C12H17N3O3S. The number of carbonyl (C=O) groups is 2. The number of hydrogen-bond donors (Lipinski definition) is 3. The maximum atomic E-state index is 11.7. The molecule has 0 atom stereocenters. The zero-order valence-corrected chi connectivity index (χ0v) is 11.5. The van der Waals surface area contributed by atoms with E-state index in [0.717, 1.165) is 0 Å². The van der Waals surface area contributed by atoms with Crippen LogP contribution >= 0.6 is 11.8 Å². The topological polar surface area (TPSA) is 93.4 Å². The lowest BCUT2D eigenvalue weighted by Gasteiger charge is -2.10. The summed E-state index contributed by atoms with van der Waals surface area (Å²) in [6, 6.07) is 7.20.